The Kier molecular flexibility index (Phi) is 6.88. The van der Waals surface area contributed by atoms with Crippen molar-refractivity contribution in [3.05, 3.63) is 95.1 Å². The zero-order valence-corrected chi connectivity index (χ0v) is 19.3. The highest BCUT2D eigenvalue weighted by atomic mass is 16.5. The van der Waals surface area contributed by atoms with Crippen molar-refractivity contribution < 1.29 is 9.53 Å². The summed E-state index contributed by atoms with van der Waals surface area (Å²) in [6, 6.07) is 15.5. The first kappa shape index (κ1) is 22.3. The summed E-state index contributed by atoms with van der Waals surface area (Å²) in [7, 11) is 0. The Hall–Kier alpha value is -3.87. The monoisotopic (exact) mass is 443 g/mol. The molecule has 0 aliphatic carbocycles. The average molecular weight is 444 g/mol. The van der Waals surface area contributed by atoms with Crippen LogP contribution in [0.5, 0.6) is 5.75 Å². The van der Waals surface area contributed by atoms with E-state index in [0.29, 0.717) is 24.4 Å². The van der Waals surface area contributed by atoms with Gasteiger partial charge in [-0.25, -0.2) is 0 Å². The third-order valence-corrected chi connectivity index (χ3v) is 5.65. The second-order valence-electron chi connectivity index (χ2n) is 7.94. The fraction of sp³-hybridized carbons (Fsp3) is 0.269. The van der Waals surface area contributed by atoms with Crippen molar-refractivity contribution in [2.75, 3.05) is 5.32 Å². The molecule has 4 aromatic rings. The summed E-state index contributed by atoms with van der Waals surface area (Å²) in [4.78, 5) is 12.8. The number of aryl methyl sites for hydroxylation is 2. The predicted octanol–water partition coefficient (Wildman–Crippen LogP) is 4.85. The predicted molar refractivity (Wildman–Crippen MR) is 129 cm³/mol. The molecular weight excluding hydrogens is 414 g/mol. The second kappa shape index (κ2) is 10.2. The van der Waals surface area contributed by atoms with Gasteiger partial charge in [-0.3, -0.25) is 14.2 Å². The number of aromatic nitrogens is 4. The molecule has 2 heterocycles. The van der Waals surface area contributed by atoms with Crippen molar-refractivity contribution in [3.8, 4) is 5.75 Å². The van der Waals surface area contributed by atoms with Gasteiger partial charge in [0.25, 0.3) is 5.91 Å². The van der Waals surface area contributed by atoms with Crippen LogP contribution in [0.4, 0.5) is 5.69 Å². The molecule has 0 saturated heterocycles. The Labute approximate surface area is 194 Å². The van der Waals surface area contributed by atoms with Gasteiger partial charge in [-0.05, 0) is 55.7 Å². The SMILES string of the molecule is CCc1ccc(OCc2cccc(C(=O)Nc3cnn(Cc4cnn(CC)c4C)c3)c2)cc1. The van der Waals surface area contributed by atoms with Gasteiger partial charge in [-0.15, -0.1) is 0 Å². The van der Waals surface area contributed by atoms with Crippen molar-refractivity contribution >= 4 is 11.6 Å². The molecule has 0 bridgehead atoms. The standard InChI is InChI=1S/C26H29N5O2/c1-4-20-9-11-25(12-10-20)33-18-21-7-6-8-22(13-21)26(32)29-24-15-27-30(17-24)16-23-14-28-31(5-2)19(23)3/h6-15,17H,4-5,16,18H2,1-3H3,(H,29,32). The maximum Gasteiger partial charge on any atom is 0.255 e. The van der Waals surface area contributed by atoms with E-state index in [9.17, 15) is 4.79 Å². The van der Waals surface area contributed by atoms with Crippen molar-refractivity contribution in [1.82, 2.24) is 19.6 Å². The molecule has 0 fully saturated rings. The first-order valence-electron chi connectivity index (χ1n) is 11.2. The number of hydrogen-bond acceptors (Lipinski definition) is 4. The normalized spacial score (nSPS) is 10.9. The number of hydrogen-bond donors (Lipinski definition) is 1. The van der Waals surface area contributed by atoms with Crippen LogP contribution in [0.2, 0.25) is 0 Å². The Morgan fingerprint density at radius 1 is 1.03 bits per heavy atom. The molecule has 1 N–H and O–H groups in total. The molecule has 4 rings (SSSR count). The molecule has 33 heavy (non-hydrogen) atoms. The molecule has 7 nitrogen and oxygen atoms in total. The van der Waals surface area contributed by atoms with Gasteiger partial charge in [-0.1, -0.05) is 31.2 Å². The summed E-state index contributed by atoms with van der Waals surface area (Å²) in [6.07, 6.45) is 6.35. The molecule has 7 heteroatoms. The fourth-order valence-electron chi connectivity index (χ4n) is 3.64. The lowest BCUT2D eigenvalue weighted by Gasteiger charge is -2.09. The zero-order valence-electron chi connectivity index (χ0n) is 19.3. The Bertz CT molecular complexity index is 1220. The first-order valence-corrected chi connectivity index (χ1v) is 11.2. The lowest BCUT2D eigenvalue weighted by atomic mass is 10.1. The van der Waals surface area contributed by atoms with E-state index in [1.807, 2.05) is 47.4 Å². The van der Waals surface area contributed by atoms with E-state index in [1.54, 1.807) is 16.9 Å². The molecule has 0 spiro atoms. The van der Waals surface area contributed by atoms with Gasteiger partial charge in [0.1, 0.15) is 12.4 Å². The summed E-state index contributed by atoms with van der Waals surface area (Å²) < 4.78 is 9.63. The molecule has 170 valence electrons. The second-order valence-corrected chi connectivity index (χ2v) is 7.94. The van der Waals surface area contributed by atoms with E-state index in [1.165, 1.54) is 5.56 Å². The van der Waals surface area contributed by atoms with Gasteiger partial charge in [-0.2, -0.15) is 10.2 Å². The maximum atomic E-state index is 12.8. The van der Waals surface area contributed by atoms with Gasteiger partial charge >= 0.3 is 0 Å². The molecule has 0 aliphatic heterocycles. The van der Waals surface area contributed by atoms with Crippen LogP contribution in [-0.4, -0.2) is 25.5 Å². The molecule has 0 radical (unpaired) electrons. The third kappa shape index (κ3) is 5.49. The molecule has 1 amide bonds. The number of ether oxygens (including phenoxy) is 1. The summed E-state index contributed by atoms with van der Waals surface area (Å²) in [5.41, 5.74) is 5.66. The number of carbonyl (C=O) groups excluding carboxylic acids is 1. The number of rotatable bonds is 9. The highest BCUT2D eigenvalue weighted by molar-refractivity contribution is 6.04. The minimum absolute atomic E-state index is 0.182. The van der Waals surface area contributed by atoms with Gasteiger partial charge in [0.05, 0.1) is 24.6 Å². The highest BCUT2D eigenvalue weighted by Crippen LogP contribution is 2.16. The molecule has 0 atom stereocenters. The van der Waals surface area contributed by atoms with E-state index in [4.69, 9.17) is 4.74 Å². The summed E-state index contributed by atoms with van der Waals surface area (Å²) in [6.45, 7) is 8.08. The zero-order chi connectivity index (χ0) is 23.2. The molecule has 0 saturated carbocycles. The van der Waals surface area contributed by atoms with E-state index in [2.05, 4.69) is 48.4 Å². The van der Waals surface area contributed by atoms with Crippen LogP contribution in [0, 0.1) is 6.92 Å². The number of anilines is 1. The number of nitrogens with one attached hydrogen (secondary N) is 1. The van der Waals surface area contributed by atoms with E-state index < -0.39 is 0 Å². The van der Waals surface area contributed by atoms with E-state index in [0.717, 1.165) is 35.5 Å². The van der Waals surface area contributed by atoms with Crippen molar-refractivity contribution in [2.24, 2.45) is 0 Å². The van der Waals surface area contributed by atoms with E-state index in [-0.39, 0.29) is 5.91 Å². The minimum Gasteiger partial charge on any atom is -0.489 e. The lowest BCUT2D eigenvalue weighted by Crippen LogP contribution is -2.12. The molecule has 2 aromatic heterocycles. The summed E-state index contributed by atoms with van der Waals surface area (Å²) in [5.74, 6) is 0.632. The van der Waals surface area contributed by atoms with Crippen molar-refractivity contribution in [2.45, 2.75) is 46.9 Å². The summed E-state index contributed by atoms with van der Waals surface area (Å²) >= 11 is 0. The molecular formula is C26H29N5O2. The van der Waals surface area contributed by atoms with Crippen LogP contribution >= 0.6 is 0 Å². The largest absolute Gasteiger partial charge is 0.489 e. The quantitative estimate of drug-likeness (QED) is 0.401. The number of amides is 1. The third-order valence-electron chi connectivity index (χ3n) is 5.65. The van der Waals surface area contributed by atoms with Crippen molar-refractivity contribution in [3.63, 3.8) is 0 Å². The van der Waals surface area contributed by atoms with Crippen LogP contribution in [-0.2, 0) is 26.1 Å². The van der Waals surface area contributed by atoms with Crippen LogP contribution < -0.4 is 10.1 Å². The average Bonchev–Trinajstić information content (AvgIpc) is 3.44. The van der Waals surface area contributed by atoms with Gasteiger partial charge in [0.2, 0.25) is 0 Å². The number of benzene rings is 2. The maximum absolute atomic E-state index is 12.8. The number of nitrogens with zero attached hydrogens (tertiary/aromatic N) is 4. The van der Waals surface area contributed by atoms with Crippen molar-refractivity contribution in [1.29, 1.82) is 0 Å². The molecule has 0 aliphatic rings. The minimum atomic E-state index is -0.182. The summed E-state index contributed by atoms with van der Waals surface area (Å²) in [5, 5.41) is 11.7. The van der Waals surface area contributed by atoms with Gasteiger partial charge in [0, 0.05) is 29.6 Å². The Morgan fingerprint density at radius 3 is 2.58 bits per heavy atom. The van der Waals surface area contributed by atoms with E-state index >= 15 is 0 Å². The van der Waals surface area contributed by atoms with Crippen LogP contribution in [0.25, 0.3) is 0 Å². The fourth-order valence-corrected chi connectivity index (χ4v) is 3.64. The van der Waals surface area contributed by atoms with Crippen LogP contribution in [0.15, 0.2) is 67.1 Å². The van der Waals surface area contributed by atoms with Crippen LogP contribution in [0.3, 0.4) is 0 Å². The Balaban J connectivity index is 1.36. The first-order chi connectivity index (χ1) is 16.1. The number of carbonyl (C=O) groups is 1. The molecule has 0 unspecified atom stereocenters. The Morgan fingerprint density at radius 2 is 1.85 bits per heavy atom. The topological polar surface area (TPSA) is 74.0 Å². The highest BCUT2D eigenvalue weighted by Gasteiger charge is 2.11. The lowest BCUT2D eigenvalue weighted by molar-refractivity contribution is 0.102. The van der Waals surface area contributed by atoms with Crippen LogP contribution in [0.1, 0.15) is 46.6 Å². The van der Waals surface area contributed by atoms with Gasteiger partial charge in [0.15, 0.2) is 0 Å². The molecule has 2 aromatic carbocycles. The smallest absolute Gasteiger partial charge is 0.255 e. The van der Waals surface area contributed by atoms with Gasteiger partial charge < -0.3 is 10.1 Å².